The Kier molecular flexibility index (Phi) is 5.06. The van der Waals surface area contributed by atoms with Gasteiger partial charge in [0.25, 0.3) is 5.91 Å². The first kappa shape index (κ1) is 15.3. The molecule has 0 spiro atoms. The van der Waals surface area contributed by atoms with Crippen LogP contribution in [0.25, 0.3) is 0 Å². The Bertz CT molecular complexity index is 532. The number of amides is 1. The van der Waals surface area contributed by atoms with Crippen molar-refractivity contribution < 1.29 is 9.18 Å². The standard InChI is InChI=1S/C13H15BrFN3OS/c14-10-7-9(1-2-11(10)15)13(19)18-5-3-17(4-6-18)8-12(16)20/h1-2,7H,3-6,8H2,(H2,16,20). The van der Waals surface area contributed by atoms with Gasteiger partial charge in [-0.3, -0.25) is 9.69 Å². The van der Waals surface area contributed by atoms with E-state index in [-0.39, 0.29) is 11.7 Å². The van der Waals surface area contributed by atoms with E-state index in [0.29, 0.717) is 34.7 Å². The molecule has 2 rings (SSSR count). The fourth-order valence-corrected chi connectivity index (χ4v) is 2.70. The van der Waals surface area contributed by atoms with E-state index in [1.165, 1.54) is 18.2 Å². The Hall–Kier alpha value is -1.05. The van der Waals surface area contributed by atoms with Crippen molar-refractivity contribution in [1.82, 2.24) is 9.80 Å². The summed E-state index contributed by atoms with van der Waals surface area (Å²) in [5, 5.41) is 0. The summed E-state index contributed by atoms with van der Waals surface area (Å²) in [5.74, 6) is -0.455. The Morgan fingerprint density at radius 1 is 1.35 bits per heavy atom. The summed E-state index contributed by atoms with van der Waals surface area (Å²) in [6.45, 7) is 3.31. The quantitative estimate of drug-likeness (QED) is 0.833. The van der Waals surface area contributed by atoms with Crippen molar-refractivity contribution in [2.45, 2.75) is 0 Å². The number of hydrogen-bond donors (Lipinski definition) is 1. The van der Waals surface area contributed by atoms with Crippen molar-refractivity contribution in [2.75, 3.05) is 32.7 Å². The molecule has 1 heterocycles. The highest BCUT2D eigenvalue weighted by Gasteiger charge is 2.22. The minimum absolute atomic E-state index is 0.0827. The van der Waals surface area contributed by atoms with E-state index >= 15 is 0 Å². The summed E-state index contributed by atoms with van der Waals surface area (Å²) < 4.78 is 13.5. The topological polar surface area (TPSA) is 49.6 Å². The maximum atomic E-state index is 13.2. The predicted molar refractivity (Wildman–Crippen MR) is 83.2 cm³/mol. The first-order valence-corrected chi connectivity index (χ1v) is 7.42. The van der Waals surface area contributed by atoms with E-state index in [9.17, 15) is 9.18 Å². The molecule has 0 aliphatic carbocycles. The van der Waals surface area contributed by atoms with Crippen LogP contribution in [0.4, 0.5) is 4.39 Å². The van der Waals surface area contributed by atoms with Crippen LogP contribution in [0.5, 0.6) is 0 Å². The zero-order chi connectivity index (χ0) is 14.7. The number of hydrogen-bond acceptors (Lipinski definition) is 3. The smallest absolute Gasteiger partial charge is 0.253 e. The molecule has 0 aromatic heterocycles. The molecular formula is C13H15BrFN3OS. The average Bonchev–Trinajstić information content (AvgIpc) is 2.41. The molecule has 1 aromatic carbocycles. The molecule has 1 aliphatic heterocycles. The minimum atomic E-state index is -0.372. The fourth-order valence-electron chi connectivity index (χ4n) is 2.14. The lowest BCUT2D eigenvalue weighted by atomic mass is 10.2. The number of rotatable bonds is 3. The zero-order valence-corrected chi connectivity index (χ0v) is 13.2. The summed E-state index contributed by atoms with van der Waals surface area (Å²) in [6, 6.07) is 4.31. The first-order chi connectivity index (χ1) is 9.47. The predicted octanol–water partition coefficient (Wildman–Crippen LogP) is 1.63. The Morgan fingerprint density at radius 3 is 2.55 bits per heavy atom. The molecule has 0 saturated carbocycles. The van der Waals surface area contributed by atoms with Crippen LogP contribution in [0.3, 0.4) is 0 Å². The van der Waals surface area contributed by atoms with E-state index in [0.717, 1.165) is 13.1 Å². The second-order valence-corrected chi connectivity index (χ2v) is 6.04. The van der Waals surface area contributed by atoms with E-state index in [4.69, 9.17) is 18.0 Å². The van der Waals surface area contributed by atoms with Gasteiger partial charge in [0, 0.05) is 38.3 Å². The highest BCUT2D eigenvalue weighted by Crippen LogP contribution is 2.18. The van der Waals surface area contributed by atoms with Crippen molar-refractivity contribution in [1.29, 1.82) is 0 Å². The second kappa shape index (κ2) is 6.60. The molecule has 2 N–H and O–H groups in total. The van der Waals surface area contributed by atoms with E-state index < -0.39 is 0 Å². The molecule has 108 valence electrons. The van der Waals surface area contributed by atoms with Crippen LogP contribution in [-0.4, -0.2) is 53.4 Å². The SMILES string of the molecule is NC(=S)CN1CCN(C(=O)c2ccc(F)c(Br)c2)CC1. The maximum absolute atomic E-state index is 13.2. The Balaban J connectivity index is 1.97. The molecule has 0 unspecified atom stereocenters. The van der Waals surface area contributed by atoms with Crippen LogP contribution < -0.4 is 5.73 Å². The molecule has 1 aliphatic rings. The first-order valence-electron chi connectivity index (χ1n) is 6.22. The van der Waals surface area contributed by atoms with Crippen LogP contribution >= 0.6 is 28.1 Å². The van der Waals surface area contributed by atoms with Gasteiger partial charge in [0.05, 0.1) is 9.46 Å². The van der Waals surface area contributed by atoms with Crippen LogP contribution in [-0.2, 0) is 0 Å². The molecule has 1 saturated heterocycles. The van der Waals surface area contributed by atoms with Crippen molar-refractivity contribution in [3.05, 3.63) is 34.1 Å². The molecule has 0 bridgehead atoms. The molecule has 4 nitrogen and oxygen atoms in total. The third-order valence-electron chi connectivity index (χ3n) is 3.21. The van der Waals surface area contributed by atoms with Gasteiger partial charge in [-0.25, -0.2) is 4.39 Å². The summed E-state index contributed by atoms with van der Waals surface area (Å²) in [6.07, 6.45) is 0. The number of piperazine rings is 1. The van der Waals surface area contributed by atoms with Crippen LogP contribution in [0.2, 0.25) is 0 Å². The highest BCUT2D eigenvalue weighted by atomic mass is 79.9. The van der Waals surface area contributed by atoms with Gasteiger partial charge in [-0.2, -0.15) is 0 Å². The van der Waals surface area contributed by atoms with Gasteiger partial charge in [-0.05, 0) is 34.1 Å². The Labute approximate surface area is 130 Å². The lowest BCUT2D eigenvalue weighted by Crippen LogP contribution is -2.50. The third-order valence-corrected chi connectivity index (χ3v) is 3.94. The van der Waals surface area contributed by atoms with Crippen molar-refractivity contribution >= 4 is 39.0 Å². The summed E-state index contributed by atoms with van der Waals surface area (Å²) in [7, 11) is 0. The van der Waals surface area contributed by atoms with Gasteiger partial charge in [0.1, 0.15) is 5.82 Å². The van der Waals surface area contributed by atoms with E-state index in [1.54, 1.807) is 4.90 Å². The number of nitrogens with zero attached hydrogens (tertiary/aromatic N) is 2. The fraction of sp³-hybridized carbons (Fsp3) is 0.385. The van der Waals surface area contributed by atoms with Crippen LogP contribution in [0.15, 0.2) is 22.7 Å². The summed E-state index contributed by atoms with van der Waals surface area (Å²) >= 11 is 7.97. The normalized spacial score (nSPS) is 16.2. The lowest BCUT2D eigenvalue weighted by molar-refractivity contribution is 0.0654. The molecular weight excluding hydrogens is 345 g/mol. The van der Waals surface area contributed by atoms with Gasteiger partial charge < -0.3 is 10.6 Å². The molecule has 7 heteroatoms. The minimum Gasteiger partial charge on any atom is -0.392 e. The lowest BCUT2D eigenvalue weighted by Gasteiger charge is -2.34. The number of carbonyl (C=O) groups excluding carboxylic acids is 1. The molecule has 1 fully saturated rings. The molecule has 1 amide bonds. The second-order valence-electron chi connectivity index (χ2n) is 4.66. The van der Waals surface area contributed by atoms with Gasteiger partial charge >= 0.3 is 0 Å². The molecule has 0 atom stereocenters. The van der Waals surface area contributed by atoms with Crippen molar-refractivity contribution in [3.63, 3.8) is 0 Å². The van der Waals surface area contributed by atoms with Crippen LogP contribution in [0, 0.1) is 5.82 Å². The number of nitrogens with two attached hydrogens (primary N) is 1. The summed E-state index contributed by atoms with van der Waals surface area (Å²) in [5.41, 5.74) is 6.00. The maximum Gasteiger partial charge on any atom is 0.253 e. The molecule has 0 radical (unpaired) electrons. The molecule has 1 aromatic rings. The zero-order valence-electron chi connectivity index (χ0n) is 10.8. The third kappa shape index (κ3) is 3.74. The van der Waals surface area contributed by atoms with Crippen LogP contribution in [0.1, 0.15) is 10.4 Å². The summed E-state index contributed by atoms with van der Waals surface area (Å²) in [4.78, 5) is 16.6. The Morgan fingerprint density at radius 2 is 2.00 bits per heavy atom. The number of halogens is 2. The van der Waals surface area contributed by atoms with Gasteiger partial charge in [-0.1, -0.05) is 12.2 Å². The van der Waals surface area contributed by atoms with E-state index in [1.807, 2.05) is 0 Å². The van der Waals surface area contributed by atoms with Gasteiger partial charge in [0.2, 0.25) is 0 Å². The number of benzene rings is 1. The van der Waals surface area contributed by atoms with Gasteiger partial charge in [-0.15, -0.1) is 0 Å². The van der Waals surface area contributed by atoms with Crippen molar-refractivity contribution in [2.24, 2.45) is 5.73 Å². The van der Waals surface area contributed by atoms with E-state index in [2.05, 4.69) is 20.8 Å². The number of carbonyl (C=O) groups is 1. The van der Waals surface area contributed by atoms with Crippen molar-refractivity contribution in [3.8, 4) is 0 Å². The average molecular weight is 360 g/mol. The molecule has 20 heavy (non-hydrogen) atoms. The number of thiocarbonyl (C=S) groups is 1. The highest BCUT2D eigenvalue weighted by molar-refractivity contribution is 9.10. The largest absolute Gasteiger partial charge is 0.392 e. The monoisotopic (exact) mass is 359 g/mol. The van der Waals surface area contributed by atoms with Gasteiger partial charge in [0.15, 0.2) is 0 Å².